The van der Waals surface area contributed by atoms with Crippen LogP contribution in [0, 0.1) is 19.1 Å². The average Bonchev–Trinajstić information content (AvgIpc) is 3.67. The fourth-order valence-electron chi connectivity index (χ4n) is 5.90. The monoisotopic (exact) mass is 801 g/mol. The molecule has 0 saturated heterocycles. The van der Waals surface area contributed by atoms with Gasteiger partial charge >= 0.3 is 21.1 Å². The Labute approximate surface area is 289 Å². The molecule has 0 amide bonds. The number of fused-ring (bicyclic) bond motifs is 3. The maximum Gasteiger partial charge on any atom is 2.00 e. The molecule has 0 radical (unpaired) electrons. The van der Waals surface area contributed by atoms with Crippen LogP contribution in [0.2, 0.25) is 0 Å². The van der Waals surface area contributed by atoms with Crippen LogP contribution in [0.3, 0.4) is 0 Å². The topological polar surface area (TPSA) is 60.6 Å². The molecule has 7 aromatic rings. The van der Waals surface area contributed by atoms with Gasteiger partial charge < -0.3 is 23.8 Å². The Bertz CT molecular complexity index is 2190. The first kappa shape index (κ1) is 31.9. The fourth-order valence-corrected chi connectivity index (χ4v) is 5.90. The molecule has 0 unspecified atom stereocenters. The molecule has 7 rings (SSSR count). The van der Waals surface area contributed by atoms with Gasteiger partial charge in [-0.3, -0.25) is 4.68 Å². The number of methoxy groups -OCH3 is 1. The number of rotatable bonds is 8. The molecule has 0 aliphatic rings. The van der Waals surface area contributed by atoms with Gasteiger partial charge in [-0.15, -0.1) is 35.7 Å². The summed E-state index contributed by atoms with van der Waals surface area (Å²) in [5, 5.41) is 6.89. The number of aromatic nitrogens is 4. The van der Waals surface area contributed by atoms with Crippen molar-refractivity contribution in [3.63, 3.8) is 0 Å². The van der Waals surface area contributed by atoms with Gasteiger partial charge in [0.25, 0.3) is 0 Å². The third-order valence-electron chi connectivity index (χ3n) is 8.03. The molecule has 9 heteroatoms. The van der Waals surface area contributed by atoms with E-state index in [0.717, 1.165) is 61.6 Å². The first-order valence-corrected chi connectivity index (χ1v) is 15.0. The van der Waals surface area contributed by atoms with Gasteiger partial charge in [-0.25, -0.2) is 4.98 Å². The molecule has 0 N–H and O–H groups in total. The summed E-state index contributed by atoms with van der Waals surface area (Å²) in [6.07, 6.45) is 5.69. The molecule has 0 fully saturated rings. The second-order valence-electron chi connectivity index (χ2n) is 11.6. The first-order valence-electron chi connectivity index (χ1n) is 15.0. The molecular weight excluding hydrogens is 768 g/mol. The molecule has 3 heterocycles. The predicted octanol–water partition coefficient (Wildman–Crippen LogP) is 7.87. The van der Waals surface area contributed by atoms with E-state index in [1.165, 1.54) is 5.56 Å². The van der Waals surface area contributed by atoms with Gasteiger partial charge in [-0.1, -0.05) is 23.7 Å². The number of hydrogen-bond acceptors (Lipinski definition) is 6. The van der Waals surface area contributed by atoms with E-state index in [2.05, 4.69) is 96.9 Å². The van der Waals surface area contributed by atoms with Crippen LogP contribution in [-0.2, 0) is 21.1 Å². The van der Waals surface area contributed by atoms with Gasteiger partial charge in [-0.2, -0.15) is 17.2 Å². The second kappa shape index (κ2) is 13.0. The summed E-state index contributed by atoms with van der Waals surface area (Å²) in [6, 6.07) is 33.1. The van der Waals surface area contributed by atoms with E-state index in [1.54, 1.807) is 13.3 Å². The Morgan fingerprint density at radius 1 is 0.787 bits per heavy atom. The Morgan fingerprint density at radius 2 is 1.53 bits per heavy atom. The Kier molecular flexibility index (Phi) is 8.80. The summed E-state index contributed by atoms with van der Waals surface area (Å²) < 4.78 is 15.8. The molecule has 4 aromatic carbocycles. The van der Waals surface area contributed by atoms with Gasteiger partial charge in [-0.05, 0) is 47.8 Å². The van der Waals surface area contributed by atoms with Crippen LogP contribution in [0.15, 0.2) is 97.5 Å². The summed E-state index contributed by atoms with van der Waals surface area (Å²) in [7, 11) is 9.92. The zero-order valence-corrected chi connectivity index (χ0v) is 29.3. The number of nitrogens with zero attached hydrogens (tertiary/aromatic N) is 6. The van der Waals surface area contributed by atoms with Crippen LogP contribution in [-0.4, -0.2) is 54.6 Å². The van der Waals surface area contributed by atoms with Crippen molar-refractivity contribution in [2.24, 2.45) is 0 Å². The van der Waals surface area contributed by atoms with Gasteiger partial charge in [0.2, 0.25) is 0 Å². The molecular formula is C38H34N6O2Pt. The third kappa shape index (κ3) is 5.97. The molecule has 0 aliphatic heterocycles. The maximum absolute atomic E-state index is 6.36. The fraction of sp³-hybridized carbons (Fsp3) is 0.158. The number of para-hydroxylation sites is 1. The average molecular weight is 802 g/mol. The van der Waals surface area contributed by atoms with E-state index in [0.29, 0.717) is 11.5 Å². The van der Waals surface area contributed by atoms with E-state index in [1.807, 2.05) is 65.6 Å². The van der Waals surface area contributed by atoms with Gasteiger partial charge in [0.05, 0.1) is 13.3 Å². The minimum Gasteiger partial charge on any atom is -0.509 e. The van der Waals surface area contributed by atoms with Crippen LogP contribution in [0.4, 0.5) is 11.4 Å². The van der Waals surface area contributed by atoms with E-state index in [-0.39, 0.29) is 21.1 Å². The zero-order valence-electron chi connectivity index (χ0n) is 27.1. The summed E-state index contributed by atoms with van der Waals surface area (Å²) >= 11 is 0. The molecule has 238 valence electrons. The van der Waals surface area contributed by atoms with Crippen molar-refractivity contribution >= 4 is 33.2 Å². The van der Waals surface area contributed by atoms with Crippen LogP contribution >= 0.6 is 0 Å². The third-order valence-corrected chi connectivity index (χ3v) is 8.03. The van der Waals surface area contributed by atoms with Crippen molar-refractivity contribution in [1.29, 1.82) is 0 Å². The van der Waals surface area contributed by atoms with Gasteiger partial charge in [0.1, 0.15) is 11.6 Å². The Balaban J connectivity index is 0.00000386. The molecule has 0 bridgehead atoms. The molecule has 3 aromatic heterocycles. The second-order valence-corrected chi connectivity index (χ2v) is 11.6. The molecule has 0 saturated carbocycles. The van der Waals surface area contributed by atoms with Crippen molar-refractivity contribution in [2.75, 3.05) is 45.1 Å². The molecule has 0 atom stereocenters. The van der Waals surface area contributed by atoms with Crippen molar-refractivity contribution in [3.8, 4) is 39.9 Å². The summed E-state index contributed by atoms with van der Waals surface area (Å²) in [6.45, 7) is 2.12. The number of hydrogen-bond donors (Lipinski definition) is 0. The minimum atomic E-state index is 0. The summed E-state index contributed by atoms with van der Waals surface area (Å²) in [4.78, 5) is 8.93. The molecule has 47 heavy (non-hydrogen) atoms. The van der Waals surface area contributed by atoms with E-state index < -0.39 is 0 Å². The normalized spacial score (nSPS) is 11.0. The van der Waals surface area contributed by atoms with Gasteiger partial charge in [0.15, 0.2) is 0 Å². The van der Waals surface area contributed by atoms with Crippen molar-refractivity contribution in [2.45, 2.75) is 6.92 Å². The smallest absolute Gasteiger partial charge is 0.509 e. The van der Waals surface area contributed by atoms with Crippen LogP contribution in [0.5, 0.6) is 17.2 Å². The molecule has 8 nitrogen and oxygen atoms in total. The maximum atomic E-state index is 6.36. The van der Waals surface area contributed by atoms with Crippen molar-refractivity contribution in [1.82, 2.24) is 19.3 Å². The van der Waals surface area contributed by atoms with E-state index in [4.69, 9.17) is 14.6 Å². The molecule has 0 aliphatic carbocycles. The van der Waals surface area contributed by atoms with Gasteiger partial charge in [0, 0.05) is 86.2 Å². The Hall–Kier alpha value is -5.07. The number of ether oxygens (including phenoxy) is 2. The Morgan fingerprint density at radius 3 is 2.28 bits per heavy atom. The van der Waals surface area contributed by atoms with Crippen LogP contribution < -0.4 is 19.3 Å². The molecule has 0 spiro atoms. The summed E-state index contributed by atoms with van der Waals surface area (Å²) in [5.74, 6) is 2.60. The number of anilines is 2. The van der Waals surface area contributed by atoms with E-state index in [9.17, 15) is 0 Å². The zero-order chi connectivity index (χ0) is 31.9. The van der Waals surface area contributed by atoms with Crippen molar-refractivity contribution in [3.05, 3.63) is 115 Å². The van der Waals surface area contributed by atoms with E-state index >= 15 is 0 Å². The standard InChI is InChI=1S/C38H34N6O2.Pt/c1-25-18-35(41(2)3)38(36(19-25)42(4)5)26-23-40-43(24-26)27-10-9-11-29(20-27)46-30-14-15-32-31-12-7-8-13-33(31)44(34(32)21-30)37-22-28(45-6)16-17-39-37;/h7-19,22-24H,1-6H3;/q-2;+2. The number of benzene rings is 4. The van der Waals surface area contributed by atoms with Crippen LogP contribution in [0.25, 0.3) is 44.4 Å². The predicted molar refractivity (Wildman–Crippen MR) is 185 cm³/mol. The van der Waals surface area contributed by atoms with Crippen molar-refractivity contribution < 1.29 is 30.5 Å². The quantitative estimate of drug-likeness (QED) is 0.146. The largest absolute Gasteiger partial charge is 2.00 e. The number of aryl methyl sites for hydroxylation is 1. The minimum absolute atomic E-state index is 0. The first-order chi connectivity index (χ1) is 22.3. The summed E-state index contributed by atoms with van der Waals surface area (Å²) in [5.41, 5.74) is 8.28. The van der Waals surface area contributed by atoms with Crippen LogP contribution in [0.1, 0.15) is 5.56 Å². The SMILES string of the molecule is COc1ccnc(-n2c3[c-]c(Oc4[c-]c(-n5cc(-c6c(N(C)C)cc(C)cc6N(C)C)cn5)ccc4)ccc3c3ccccc32)c1.[Pt+2]. The number of pyridine rings is 1.